The predicted octanol–water partition coefficient (Wildman–Crippen LogP) is 2.57. The molecule has 152 valence electrons. The number of benzene rings is 1. The fraction of sp³-hybridized carbons (Fsp3) is 0.667. The number of aliphatic hydroxyl groups is 2. The number of rotatable bonds is 8. The highest BCUT2D eigenvalue weighted by Crippen LogP contribution is 2.22. The SMILES string of the molecule is CC(C)CCOc1ccccc1CCNC(=O)N1CCC[C@](O)(CO)CC1. The number of likely N-dealkylation sites (tertiary alicyclic amines) is 1. The van der Waals surface area contributed by atoms with Gasteiger partial charge in [0, 0.05) is 19.6 Å². The minimum atomic E-state index is -1.05. The zero-order valence-electron chi connectivity index (χ0n) is 16.6. The van der Waals surface area contributed by atoms with E-state index in [-0.39, 0.29) is 12.6 Å². The highest BCUT2D eigenvalue weighted by atomic mass is 16.5. The van der Waals surface area contributed by atoms with E-state index in [0.29, 0.717) is 57.8 Å². The lowest BCUT2D eigenvalue weighted by molar-refractivity contribution is -0.0248. The lowest BCUT2D eigenvalue weighted by atomic mass is 9.96. The summed E-state index contributed by atoms with van der Waals surface area (Å²) in [5.41, 5.74) is 0.0356. The van der Waals surface area contributed by atoms with Crippen LogP contribution in [0.25, 0.3) is 0 Å². The fourth-order valence-electron chi connectivity index (χ4n) is 3.21. The molecule has 0 aliphatic carbocycles. The molecule has 1 heterocycles. The first-order chi connectivity index (χ1) is 12.9. The van der Waals surface area contributed by atoms with Crippen LogP contribution in [-0.4, -0.2) is 59.6 Å². The second kappa shape index (κ2) is 10.5. The third-order valence-electron chi connectivity index (χ3n) is 5.09. The topological polar surface area (TPSA) is 82.0 Å². The molecule has 0 spiro atoms. The normalized spacial score (nSPS) is 20.4. The zero-order valence-corrected chi connectivity index (χ0v) is 16.6. The highest BCUT2D eigenvalue weighted by Gasteiger charge is 2.30. The number of carbonyl (C=O) groups is 1. The van der Waals surface area contributed by atoms with Gasteiger partial charge in [-0.25, -0.2) is 4.79 Å². The molecule has 0 unspecified atom stereocenters. The summed E-state index contributed by atoms with van der Waals surface area (Å²) >= 11 is 0. The maximum Gasteiger partial charge on any atom is 0.317 e. The number of urea groups is 1. The van der Waals surface area contributed by atoms with Crippen molar-refractivity contribution in [3.05, 3.63) is 29.8 Å². The number of amides is 2. The maximum absolute atomic E-state index is 12.4. The van der Waals surface area contributed by atoms with Crippen molar-refractivity contribution in [3.8, 4) is 5.75 Å². The minimum Gasteiger partial charge on any atom is -0.493 e. The van der Waals surface area contributed by atoms with Crippen LogP contribution >= 0.6 is 0 Å². The number of aliphatic hydroxyl groups excluding tert-OH is 1. The van der Waals surface area contributed by atoms with Gasteiger partial charge in [-0.3, -0.25) is 0 Å². The van der Waals surface area contributed by atoms with Crippen LogP contribution in [0.2, 0.25) is 0 Å². The molecule has 1 aromatic carbocycles. The predicted molar refractivity (Wildman–Crippen MR) is 106 cm³/mol. The average molecular weight is 379 g/mol. The second-order valence-corrected chi connectivity index (χ2v) is 7.84. The van der Waals surface area contributed by atoms with E-state index in [2.05, 4.69) is 19.2 Å². The minimum absolute atomic E-state index is 0.115. The van der Waals surface area contributed by atoms with Gasteiger partial charge < -0.3 is 25.2 Å². The number of carbonyl (C=O) groups excluding carboxylic acids is 1. The molecular formula is C21H34N2O4. The maximum atomic E-state index is 12.4. The smallest absolute Gasteiger partial charge is 0.317 e. The molecule has 27 heavy (non-hydrogen) atoms. The van der Waals surface area contributed by atoms with Crippen molar-refractivity contribution in [2.24, 2.45) is 5.92 Å². The van der Waals surface area contributed by atoms with Crippen LogP contribution < -0.4 is 10.1 Å². The van der Waals surface area contributed by atoms with Gasteiger partial charge in [-0.2, -0.15) is 0 Å². The summed E-state index contributed by atoms with van der Waals surface area (Å²) < 4.78 is 5.90. The molecule has 2 amide bonds. The van der Waals surface area contributed by atoms with Gasteiger partial charge in [0.15, 0.2) is 0 Å². The van der Waals surface area contributed by atoms with E-state index in [1.54, 1.807) is 4.90 Å². The van der Waals surface area contributed by atoms with E-state index in [1.807, 2.05) is 24.3 Å². The van der Waals surface area contributed by atoms with Crippen molar-refractivity contribution in [1.29, 1.82) is 0 Å². The average Bonchev–Trinajstić information content (AvgIpc) is 2.85. The molecule has 0 aromatic heterocycles. The summed E-state index contributed by atoms with van der Waals surface area (Å²) in [6.07, 6.45) is 3.34. The molecule has 1 atom stereocenters. The standard InChI is InChI=1S/C21H34N2O4/c1-17(2)9-15-27-19-7-4-3-6-18(19)8-12-22-20(25)23-13-5-10-21(26,16-24)11-14-23/h3-4,6-7,17,24,26H,5,8-16H2,1-2H3,(H,22,25)/t21-/m1/s1. The van der Waals surface area contributed by atoms with Gasteiger partial charge in [-0.05, 0) is 49.7 Å². The summed E-state index contributed by atoms with van der Waals surface area (Å²) in [4.78, 5) is 14.1. The molecule has 1 fully saturated rings. The van der Waals surface area contributed by atoms with Gasteiger partial charge in [0.1, 0.15) is 5.75 Å². The summed E-state index contributed by atoms with van der Waals surface area (Å²) in [6.45, 7) is 6.38. The van der Waals surface area contributed by atoms with Crippen molar-refractivity contribution in [3.63, 3.8) is 0 Å². The third-order valence-corrected chi connectivity index (χ3v) is 5.09. The molecule has 1 aromatic rings. The summed E-state index contributed by atoms with van der Waals surface area (Å²) in [5, 5.41) is 22.5. The van der Waals surface area contributed by atoms with Crippen LogP contribution in [0.4, 0.5) is 4.79 Å². The Kier molecular flexibility index (Phi) is 8.38. The summed E-state index contributed by atoms with van der Waals surface area (Å²) in [5.74, 6) is 1.49. The van der Waals surface area contributed by atoms with Crippen molar-refractivity contribution in [1.82, 2.24) is 10.2 Å². The summed E-state index contributed by atoms with van der Waals surface area (Å²) in [7, 11) is 0. The fourth-order valence-corrected chi connectivity index (χ4v) is 3.21. The number of hydrogen-bond donors (Lipinski definition) is 3. The number of ether oxygens (including phenoxy) is 1. The highest BCUT2D eigenvalue weighted by molar-refractivity contribution is 5.74. The summed E-state index contributed by atoms with van der Waals surface area (Å²) in [6, 6.07) is 7.84. The van der Waals surface area contributed by atoms with Gasteiger partial charge in [0.05, 0.1) is 18.8 Å². The Morgan fingerprint density at radius 3 is 2.81 bits per heavy atom. The molecule has 0 radical (unpaired) electrons. The second-order valence-electron chi connectivity index (χ2n) is 7.84. The zero-order chi connectivity index (χ0) is 19.7. The Morgan fingerprint density at radius 1 is 1.30 bits per heavy atom. The molecular weight excluding hydrogens is 344 g/mol. The van der Waals surface area contributed by atoms with E-state index < -0.39 is 5.60 Å². The Hall–Kier alpha value is -1.79. The third kappa shape index (κ3) is 7.03. The Labute approximate surface area is 162 Å². The first-order valence-corrected chi connectivity index (χ1v) is 10.0. The van der Waals surface area contributed by atoms with Crippen molar-refractivity contribution >= 4 is 6.03 Å². The van der Waals surface area contributed by atoms with E-state index in [1.165, 1.54) is 0 Å². The van der Waals surface area contributed by atoms with Gasteiger partial charge in [0.25, 0.3) is 0 Å². The van der Waals surface area contributed by atoms with Crippen molar-refractivity contribution in [2.75, 3.05) is 32.8 Å². The quantitative estimate of drug-likeness (QED) is 0.649. The van der Waals surface area contributed by atoms with Crippen molar-refractivity contribution < 1.29 is 19.7 Å². The van der Waals surface area contributed by atoms with Crippen molar-refractivity contribution in [2.45, 2.75) is 51.6 Å². The molecule has 6 nitrogen and oxygen atoms in total. The van der Waals surface area contributed by atoms with Crippen LogP contribution in [0, 0.1) is 5.92 Å². The number of nitrogens with one attached hydrogen (secondary N) is 1. The Bertz CT molecular complexity index is 593. The van der Waals surface area contributed by atoms with Gasteiger partial charge in [-0.15, -0.1) is 0 Å². The van der Waals surface area contributed by atoms with Crippen LogP contribution in [0.5, 0.6) is 5.75 Å². The van der Waals surface area contributed by atoms with E-state index >= 15 is 0 Å². The van der Waals surface area contributed by atoms with Crippen LogP contribution in [-0.2, 0) is 6.42 Å². The van der Waals surface area contributed by atoms with Gasteiger partial charge >= 0.3 is 6.03 Å². The largest absolute Gasteiger partial charge is 0.493 e. The van der Waals surface area contributed by atoms with Gasteiger partial charge in [0.2, 0.25) is 0 Å². The molecule has 0 saturated carbocycles. The number of para-hydroxylation sites is 1. The molecule has 3 N–H and O–H groups in total. The van der Waals surface area contributed by atoms with E-state index in [0.717, 1.165) is 17.7 Å². The number of hydrogen-bond acceptors (Lipinski definition) is 4. The van der Waals surface area contributed by atoms with Gasteiger partial charge in [-0.1, -0.05) is 32.0 Å². The molecule has 6 heteroatoms. The van der Waals surface area contributed by atoms with E-state index in [9.17, 15) is 15.0 Å². The van der Waals surface area contributed by atoms with Crippen LogP contribution in [0.1, 0.15) is 45.1 Å². The molecule has 2 rings (SSSR count). The first-order valence-electron chi connectivity index (χ1n) is 10.0. The first kappa shape index (κ1) is 21.5. The number of nitrogens with zero attached hydrogens (tertiary/aromatic N) is 1. The molecule has 1 saturated heterocycles. The monoisotopic (exact) mass is 378 g/mol. The molecule has 1 aliphatic rings. The molecule has 1 aliphatic heterocycles. The lowest BCUT2D eigenvalue weighted by Crippen LogP contribution is -2.42. The van der Waals surface area contributed by atoms with E-state index in [4.69, 9.17) is 4.74 Å². The Morgan fingerprint density at radius 2 is 2.07 bits per heavy atom. The van der Waals surface area contributed by atoms with Crippen LogP contribution in [0.3, 0.4) is 0 Å². The lowest BCUT2D eigenvalue weighted by Gasteiger charge is -2.24. The molecule has 0 bridgehead atoms. The van der Waals surface area contributed by atoms with Crippen LogP contribution in [0.15, 0.2) is 24.3 Å². The Balaban J connectivity index is 1.79.